The van der Waals surface area contributed by atoms with Gasteiger partial charge >= 0.3 is 12.1 Å². The van der Waals surface area contributed by atoms with E-state index in [-0.39, 0.29) is 6.04 Å². The molecule has 6 heteroatoms. The van der Waals surface area contributed by atoms with Crippen LogP contribution in [0.25, 0.3) is 10.9 Å². The number of hydrogen-bond acceptors (Lipinski definition) is 1. The van der Waals surface area contributed by atoms with Gasteiger partial charge in [0.15, 0.2) is 0 Å². The number of fused-ring (bicyclic) bond motifs is 3. The monoisotopic (exact) mass is 457 g/mol. The van der Waals surface area contributed by atoms with Crippen molar-refractivity contribution in [3.8, 4) is 0 Å². The summed E-state index contributed by atoms with van der Waals surface area (Å²) in [6.07, 6.45) is -0.660. The Kier molecular flexibility index (Phi) is 6.30. The van der Waals surface area contributed by atoms with E-state index in [1.54, 1.807) is 12.1 Å². The molecule has 0 aliphatic heterocycles. The molecule has 0 saturated heterocycles. The van der Waals surface area contributed by atoms with E-state index in [1.165, 1.54) is 5.56 Å². The maximum absolute atomic E-state index is 13.1. The van der Waals surface area contributed by atoms with Gasteiger partial charge < -0.3 is 9.67 Å². The third-order valence-electron chi connectivity index (χ3n) is 6.88. The molecule has 2 atom stereocenters. The van der Waals surface area contributed by atoms with Gasteiger partial charge in [-0.1, -0.05) is 45.4 Å². The second-order valence-corrected chi connectivity index (χ2v) is 9.37. The lowest BCUT2D eigenvalue weighted by Gasteiger charge is -2.28. The van der Waals surface area contributed by atoms with Gasteiger partial charge in [-0.25, -0.2) is 0 Å². The van der Waals surface area contributed by atoms with E-state index in [9.17, 15) is 23.1 Å². The summed E-state index contributed by atoms with van der Waals surface area (Å²) in [5.41, 5.74) is 4.16. The Hall–Kier alpha value is -2.76. The normalized spacial score (nSPS) is 17.4. The molecular weight excluding hydrogens is 427 g/mol. The minimum Gasteiger partial charge on any atom is -0.481 e. The third kappa shape index (κ3) is 4.28. The molecule has 176 valence electrons. The Morgan fingerprint density at radius 1 is 1.12 bits per heavy atom. The Balaban J connectivity index is 1.97. The van der Waals surface area contributed by atoms with Crippen LogP contribution in [-0.4, -0.2) is 15.6 Å². The van der Waals surface area contributed by atoms with Crippen molar-refractivity contribution in [3.05, 3.63) is 70.4 Å². The first-order chi connectivity index (χ1) is 15.6. The Labute approximate surface area is 192 Å². The number of alkyl halides is 3. The highest BCUT2D eigenvalue weighted by atomic mass is 19.4. The zero-order valence-corrected chi connectivity index (χ0v) is 19.2. The van der Waals surface area contributed by atoms with Gasteiger partial charge in [0.25, 0.3) is 0 Å². The van der Waals surface area contributed by atoms with Crippen LogP contribution in [0.1, 0.15) is 92.3 Å². The van der Waals surface area contributed by atoms with Gasteiger partial charge in [-0.05, 0) is 72.6 Å². The van der Waals surface area contributed by atoms with Crippen LogP contribution in [0.15, 0.2) is 42.5 Å². The molecule has 1 heterocycles. The van der Waals surface area contributed by atoms with Crippen molar-refractivity contribution >= 4 is 16.9 Å². The second kappa shape index (κ2) is 8.88. The minimum absolute atomic E-state index is 0.228. The van der Waals surface area contributed by atoms with Gasteiger partial charge in [0.1, 0.15) is 0 Å². The molecule has 0 fully saturated rings. The maximum Gasteiger partial charge on any atom is 0.416 e. The van der Waals surface area contributed by atoms with E-state index in [1.807, 2.05) is 6.92 Å². The van der Waals surface area contributed by atoms with Gasteiger partial charge in [-0.15, -0.1) is 0 Å². The smallest absolute Gasteiger partial charge is 0.416 e. The number of aryl methyl sites for hydroxylation is 1. The number of hydrogen-bond donors (Lipinski definition) is 1. The number of benzene rings is 2. The topological polar surface area (TPSA) is 42.2 Å². The van der Waals surface area contributed by atoms with Crippen LogP contribution in [0, 0.1) is 0 Å². The van der Waals surface area contributed by atoms with Gasteiger partial charge in [-0.3, -0.25) is 4.79 Å². The van der Waals surface area contributed by atoms with E-state index in [2.05, 4.69) is 36.6 Å². The average molecular weight is 458 g/mol. The molecule has 33 heavy (non-hydrogen) atoms. The lowest BCUT2D eigenvalue weighted by molar-refractivity contribution is -0.139. The first kappa shape index (κ1) is 23.4. The van der Waals surface area contributed by atoms with Crippen LogP contribution < -0.4 is 0 Å². The zero-order chi connectivity index (χ0) is 23.9. The van der Waals surface area contributed by atoms with Crippen molar-refractivity contribution in [2.24, 2.45) is 0 Å². The molecule has 4 rings (SSSR count). The molecule has 1 N–H and O–H groups in total. The predicted molar refractivity (Wildman–Crippen MR) is 124 cm³/mol. The molecule has 1 aliphatic carbocycles. The second-order valence-electron chi connectivity index (χ2n) is 9.37. The fourth-order valence-electron chi connectivity index (χ4n) is 5.23. The van der Waals surface area contributed by atoms with E-state index >= 15 is 0 Å². The molecule has 3 nitrogen and oxygen atoms in total. The summed E-state index contributed by atoms with van der Waals surface area (Å²) in [6, 6.07) is 11.4. The van der Waals surface area contributed by atoms with E-state index in [4.69, 9.17) is 0 Å². The average Bonchev–Trinajstić information content (AvgIpc) is 3.10. The van der Waals surface area contributed by atoms with E-state index in [0.717, 1.165) is 59.1 Å². The highest BCUT2D eigenvalue weighted by molar-refractivity contribution is 5.90. The SMILES string of the molecule is CCC[C@@H](c1ccc(C(F)(F)F)cc1)n1c2c(c3cc(C(C)C)ccc31)CCCC2C(=O)O. The standard InChI is InChI=1S/C27H30F3NO2/c1-4-6-23(17-9-12-19(13-10-17)27(28,29)30)31-24-14-11-18(16(2)3)15-22(24)20-7-5-8-21(25(20)31)26(32)33/h9-16,21,23H,4-8H2,1-3H3,(H,32,33)/t21?,23-/m0/s1. The predicted octanol–water partition coefficient (Wildman–Crippen LogP) is 7.68. The number of nitrogens with zero attached hydrogens (tertiary/aromatic N) is 1. The highest BCUT2D eigenvalue weighted by Crippen LogP contribution is 2.43. The molecular formula is C27H30F3NO2. The molecule has 0 saturated carbocycles. The number of aliphatic carboxylic acids is 1. The fraction of sp³-hybridized carbons (Fsp3) is 0.444. The summed E-state index contributed by atoms with van der Waals surface area (Å²) in [7, 11) is 0. The Bertz CT molecular complexity index is 1160. The number of rotatable bonds is 6. The van der Waals surface area contributed by atoms with Crippen LogP contribution in [0.5, 0.6) is 0 Å². The van der Waals surface area contributed by atoms with Crippen molar-refractivity contribution in [1.29, 1.82) is 0 Å². The van der Waals surface area contributed by atoms with Crippen LogP contribution in [-0.2, 0) is 17.4 Å². The highest BCUT2D eigenvalue weighted by Gasteiger charge is 2.35. The van der Waals surface area contributed by atoms with Gasteiger partial charge in [-0.2, -0.15) is 13.2 Å². The number of halogens is 3. The molecule has 0 bridgehead atoms. The summed E-state index contributed by atoms with van der Waals surface area (Å²) < 4.78 is 41.6. The molecule has 0 radical (unpaired) electrons. The van der Waals surface area contributed by atoms with Crippen molar-refractivity contribution in [2.75, 3.05) is 0 Å². The molecule has 1 aromatic heterocycles. The lowest BCUT2D eigenvalue weighted by atomic mass is 9.86. The van der Waals surface area contributed by atoms with Crippen molar-refractivity contribution < 1.29 is 23.1 Å². The maximum atomic E-state index is 13.1. The summed E-state index contributed by atoms with van der Waals surface area (Å²) in [5, 5.41) is 11.1. The summed E-state index contributed by atoms with van der Waals surface area (Å²) >= 11 is 0. The van der Waals surface area contributed by atoms with E-state index < -0.39 is 23.6 Å². The molecule has 0 spiro atoms. The van der Waals surface area contributed by atoms with Crippen molar-refractivity contribution in [2.45, 2.75) is 76.9 Å². The molecule has 1 aliphatic rings. The van der Waals surface area contributed by atoms with Crippen LogP contribution >= 0.6 is 0 Å². The molecule has 0 amide bonds. The fourth-order valence-corrected chi connectivity index (χ4v) is 5.23. The molecule has 1 unspecified atom stereocenters. The first-order valence-corrected chi connectivity index (χ1v) is 11.7. The summed E-state index contributed by atoms with van der Waals surface area (Å²) in [6.45, 7) is 6.31. The van der Waals surface area contributed by atoms with Crippen LogP contribution in [0.3, 0.4) is 0 Å². The minimum atomic E-state index is -4.39. The Morgan fingerprint density at radius 2 is 1.79 bits per heavy atom. The third-order valence-corrected chi connectivity index (χ3v) is 6.88. The van der Waals surface area contributed by atoms with Crippen LogP contribution in [0.2, 0.25) is 0 Å². The number of carbonyl (C=O) groups is 1. The largest absolute Gasteiger partial charge is 0.481 e. The Morgan fingerprint density at radius 3 is 2.36 bits per heavy atom. The number of carboxylic acids is 1. The molecule has 3 aromatic rings. The molecule has 2 aromatic carbocycles. The van der Waals surface area contributed by atoms with Crippen molar-refractivity contribution in [3.63, 3.8) is 0 Å². The quantitative estimate of drug-likeness (QED) is 0.412. The van der Waals surface area contributed by atoms with Gasteiger partial charge in [0.05, 0.1) is 17.5 Å². The number of aromatic nitrogens is 1. The number of carboxylic acid groups (broad SMARTS) is 1. The summed E-state index contributed by atoms with van der Waals surface area (Å²) in [4.78, 5) is 12.3. The summed E-state index contributed by atoms with van der Waals surface area (Å²) in [5.74, 6) is -1.11. The van der Waals surface area contributed by atoms with Gasteiger partial charge in [0, 0.05) is 16.6 Å². The van der Waals surface area contributed by atoms with E-state index in [0.29, 0.717) is 18.8 Å². The van der Waals surface area contributed by atoms with Crippen molar-refractivity contribution in [1.82, 2.24) is 4.57 Å². The van der Waals surface area contributed by atoms with Gasteiger partial charge in [0.2, 0.25) is 0 Å². The lowest BCUT2D eigenvalue weighted by Crippen LogP contribution is -2.23. The first-order valence-electron chi connectivity index (χ1n) is 11.7. The zero-order valence-electron chi connectivity index (χ0n) is 19.2. The van der Waals surface area contributed by atoms with Crippen LogP contribution in [0.4, 0.5) is 13.2 Å².